The monoisotopic (exact) mass is 344 g/mol. The molecule has 0 aromatic heterocycles. The summed E-state index contributed by atoms with van der Waals surface area (Å²) in [7, 11) is 3.03. The molecule has 1 N–H and O–H groups in total. The van der Waals surface area contributed by atoms with Gasteiger partial charge in [-0.1, -0.05) is 6.07 Å². The highest BCUT2D eigenvalue weighted by Gasteiger charge is 2.30. The van der Waals surface area contributed by atoms with Crippen LogP contribution in [0.4, 0.5) is 8.78 Å². The predicted octanol–water partition coefficient (Wildman–Crippen LogP) is 1.63. The van der Waals surface area contributed by atoms with Gasteiger partial charge >= 0.3 is 6.61 Å². The highest BCUT2D eigenvalue weighted by atomic mass is 19.3. The van der Waals surface area contributed by atoms with Gasteiger partial charge in [-0.3, -0.25) is 4.79 Å². The Morgan fingerprint density at radius 3 is 2.83 bits per heavy atom. The van der Waals surface area contributed by atoms with Gasteiger partial charge < -0.3 is 24.4 Å². The Morgan fingerprint density at radius 1 is 1.46 bits per heavy atom. The Bertz CT molecular complexity index is 571. The lowest BCUT2D eigenvalue weighted by atomic mass is 10.1. The third-order valence-electron chi connectivity index (χ3n) is 3.82. The van der Waals surface area contributed by atoms with E-state index in [1.165, 1.54) is 24.1 Å². The molecule has 0 bridgehead atoms. The number of hydrogen-bond donors (Lipinski definition) is 1. The molecule has 1 heterocycles. The van der Waals surface area contributed by atoms with Crippen LogP contribution in [0.15, 0.2) is 18.2 Å². The van der Waals surface area contributed by atoms with Crippen LogP contribution in [-0.4, -0.2) is 56.9 Å². The van der Waals surface area contributed by atoms with E-state index in [2.05, 4.69) is 10.1 Å². The minimum absolute atomic E-state index is 0.0571. The summed E-state index contributed by atoms with van der Waals surface area (Å²) in [5, 5.41) is 3.13. The van der Waals surface area contributed by atoms with E-state index in [0.717, 1.165) is 0 Å². The number of rotatable bonds is 6. The van der Waals surface area contributed by atoms with E-state index in [9.17, 15) is 13.6 Å². The number of nitrogens with zero attached hydrogens (tertiary/aromatic N) is 1. The van der Waals surface area contributed by atoms with Crippen molar-refractivity contribution < 1.29 is 27.8 Å². The summed E-state index contributed by atoms with van der Waals surface area (Å²) in [6.45, 7) is 0.334. The number of nitrogens with one attached hydrogen (secondary N) is 1. The number of carbonyl (C=O) groups excluding carboxylic acids is 1. The first-order chi connectivity index (χ1) is 11.4. The summed E-state index contributed by atoms with van der Waals surface area (Å²) < 4.78 is 39.9. The Balaban J connectivity index is 2.07. The van der Waals surface area contributed by atoms with Gasteiger partial charge in [0, 0.05) is 20.1 Å². The van der Waals surface area contributed by atoms with Gasteiger partial charge in [0.05, 0.1) is 19.8 Å². The number of morpholine rings is 1. The molecule has 24 heavy (non-hydrogen) atoms. The molecule has 1 aliphatic heterocycles. The van der Waals surface area contributed by atoms with Crippen molar-refractivity contribution in [2.45, 2.75) is 32.2 Å². The molecular formula is C16H22F2N2O4. The molecule has 1 aliphatic rings. The van der Waals surface area contributed by atoms with Crippen LogP contribution in [-0.2, 0) is 16.1 Å². The number of amides is 1. The summed E-state index contributed by atoms with van der Waals surface area (Å²) in [6.07, 6.45) is -0.220. The van der Waals surface area contributed by atoms with Crippen LogP contribution in [0.1, 0.15) is 12.5 Å². The summed E-state index contributed by atoms with van der Waals surface area (Å²) in [5.74, 6) is 0.0386. The zero-order valence-corrected chi connectivity index (χ0v) is 13.9. The SMILES string of the molecule is COc1ccc(CN(C)C(=O)[C@H]2NCCO[C@@H]2C)cc1OC(F)F. The summed E-state index contributed by atoms with van der Waals surface area (Å²) >= 11 is 0. The molecule has 2 rings (SSSR count). The fourth-order valence-corrected chi connectivity index (χ4v) is 2.61. The molecule has 1 fully saturated rings. The quantitative estimate of drug-likeness (QED) is 0.850. The first-order valence-electron chi connectivity index (χ1n) is 7.64. The second kappa shape index (κ2) is 8.25. The number of likely N-dealkylation sites (N-methyl/N-ethyl adjacent to an activating group) is 1. The standard InChI is InChI=1S/C16H22F2N2O4/c1-10-14(19-6-7-23-10)15(21)20(2)9-11-4-5-12(22-3)13(8-11)24-16(17)18/h4-5,8,10,14,16,19H,6-7,9H2,1-3H3/t10-,14+/m1/s1. The lowest BCUT2D eigenvalue weighted by molar-refractivity contribution is -0.138. The largest absolute Gasteiger partial charge is 0.493 e. The van der Waals surface area contributed by atoms with E-state index >= 15 is 0 Å². The molecular weight excluding hydrogens is 322 g/mol. The molecule has 134 valence electrons. The maximum Gasteiger partial charge on any atom is 0.387 e. The average Bonchev–Trinajstić information content (AvgIpc) is 2.54. The molecule has 0 saturated carbocycles. The van der Waals surface area contributed by atoms with Crippen LogP contribution in [0, 0.1) is 0 Å². The van der Waals surface area contributed by atoms with E-state index in [1.807, 2.05) is 6.92 Å². The third kappa shape index (κ3) is 4.55. The minimum atomic E-state index is -2.95. The van der Waals surface area contributed by atoms with Crippen LogP contribution < -0.4 is 14.8 Å². The van der Waals surface area contributed by atoms with Gasteiger partial charge in [-0.25, -0.2) is 0 Å². The van der Waals surface area contributed by atoms with Crippen LogP contribution in [0.5, 0.6) is 11.5 Å². The molecule has 1 aromatic carbocycles. The van der Waals surface area contributed by atoms with Gasteiger partial charge in [0.2, 0.25) is 5.91 Å². The molecule has 1 saturated heterocycles. The fraction of sp³-hybridized carbons (Fsp3) is 0.562. The lowest BCUT2D eigenvalue weighted by Gasteiger charge is -2.32. The number of benzene rings is 1. The highest BCUT2D eigenvalue weighted by molar-refractivity contribution is 5.82. The second-order valence-electron chi connectivity index (χ2n) is 5.57. The minimum Gasteiger partial charge on any atom is -0.493 e. The molecule has 0 spiro atoms. The van der Waals surface area contributed by atoms with Crippen LogP contribution in [0.25, 0.3) is 0 Å². The topological polar surface area (TPSA) is 60.0 Å². The van der Waals surface area contributed by atoms with Gasteiger partial charge in [-0.15, -0.1) is 0 Å². The molecule has 0 aliphatic carbocycles. The van der Waals surface area contributed by atoms with Gasteiger partial charge in [0.1, 0.15) is 6.04 Å². The predicted molar refractivity (Wildman–Crippen MR) is 83.3 cm³/mol. The lowest BCUT2D eigenvalue weighted by Crippen LogP contribution is -2.55. The molecule has 0 radical (unpaired) electrons. The number of halogens is 2. The number of alkyl halides is 2. The smallest absolute Gasteiger partial charge is 0.387 e. The van der Waals surface area contributed by atoms with E-state index < -0.39 is 12.7 Å². The first-order valence-corrected chi connectivity index (χ1v) is 7.64. The Hall–Kier alpha value is -1.93. The van der Waals surface area contributed by atoms with Crippen LogP contribution in [0.2, 0.25) is 0 Å². The summed E-state index contributed by atoms with van der Waals surface area (Å²) in [6, 6.07) is 4.27. The van der Waals surface area contributed by atoms with Crippen molar-refractivity contribution in [2.75, 3.05) is 27.3 Å². The summed E-state index contributed by atoms with van der Waals surface area (Å²) in [4.78, 5) is 14.0. The van der Waals surface area contributed by atoms with Gasteiger partial charge in [0.25, 0.3) is 0 Å². The molecule has 1 aromatic rings. The van der Waals surface area contributed by atoms with Gasteiger partial charge in [-0.2, -0.15) is 8.78 Å². The summed E-state index contributed by atoms with van der Waals surface area (Å²) in [5.41, 5.74) is 0.659. The Kier molecular flexibility index (Phi) is 6.33. The van der Waals surface area contributed by atoms with Crippen molar-refractivity contribution in [3.8, 4) is 11.5 Å². The normalized spacial score (nSPS) is 20.8. The molecule has 0 unspecified atom stereocenters. The number of carbonyl (C=O) groups is 1. The van der Waals surface area contributed by atoms with E-state index in [4.69, 9.17) is 9.47 Å². The number of methoxy groups -OCH3 is 1. The molecule has 2 atom stereocenters. The van der Waals surface area contributed by atoms with Crippen LogP contribution >= 0.6 is 0 Å². The maximum atomic E-state index is 12.5. The van der Waals surface area contributed by atoms with Gasteiger partial charge in [-0.05, 0) is 24.6 Å². The zero-order chi connectivity index (χ0) is 17.7. The fourth-order valence-electron chi connectivity index (χ4n) is 2.61. The van der Waals surface area contributed by atoms with Crippen LogP contribution in [0.3, 0.4) is 0 Å². The van der Waals surface area contributed by atoms with Crippen molar-refractivity contribution in [1.29, 1.82) is 0 Å². The molecule has 6 nitrogen and oxygen atoms in total. The van der Waals surface area contributed by atoms with Crippen molar-refractivity contribution >= 4 is 5.91 Å². The van der Waals surface area contributed by atoms with E-state index in [-0.39, 0.29) is 30.1 Å². The number of ether oxygens (including phenoxy) is 3. The van der Waals surface area contributed by atoms with E-state index in [1.54, 1.807) is 13.1 Å². The molecule has 8 heteroatoms. The van der Waals surface area contributed by atoms with Crippen molar-refractivity contribution in [2.24, 2.45) is 0 Å². The first kappa shape index (κ1) is 18.4. The van der Waals surface area contributed by atoms with Gasteiger partial charge in [0.15, 0.2) is 11.5 Å². The third-order valence-corrected chi connectivity index (χ3v) is 3.82. The maximum absolute atomic E-state index is 12.5. The van der Waals surface area contributed by atoms with Crippen molar-refractivity contribution in [1.82, 2.24) is 10.2 Å². The Morgan fingerprint density at radius 2 is 2.21 bits per heavy atom. The second-order valence-corrected chi connectivity index (χ2v) is 5.57. The Labute approximate surface area is 139 Å². The van der Waals surface area contributed by atoms with E-state index in [0.29, 0.717) is 18.7 Å². The average molecular weight is 344 g/mol. The highest BCUT2D eigenvalue weighted by Crippen LogP contribution is 2.30. The number of hydrogen-bond acceptors (Lipinski definition) is 5. The van der Waals surface area contributed by atoms with Crippen molar-refractivity contribution in [3.63, 3.8) is 0 Å². The van der Waals surface area contributed by atoms with Crippen molar-refractivity contribution in [3.05, 3.63) is 23.8 Å². The zero-order valence-electron chi connectivity index (χ0n) is 13.9. The molecule has 1 amide bonds.